The van der Waals surface area contributed by atoms with Crippen LogP contribution >= 0.6 is 0 Å². The number of benzene rings is 1. The average Bonchev–Trinajstić information content (AvgIpc) is 2.67. The number of likely N-dealkylation sites (tertiary alicyclic amines) is 1. The summed E-state index contributed by atoms with van der Waals surface area (Å²) in [7, 11) is 0. The molecule has 1 saturated carbocycles. The van der Waals surface area contributed by atoms with Gasteiger partial charge in [0.2, 0.25) is 5.91 Å². The zero-order valence-electron chi connectivity index (χ0n) is 16.7. The summed E-state index contributed by atoms with van der Waals surface area (Å²) in [5, 5.41) is 0. The van der Waals surface area contributed by atoms with E-state index in [0.29, 0.717) is 18.2 Å². The molecular formula is C24H35NO. The molecule has 0 radical (unpaired) electrons. The minimum Gasteiger partial charge on any atom is -0.336 e. The van der Waals surface area contributed by atoms with Crippen molar-refractivity contribution >= 4 is 5.91 Å². The van der Waals surface area contributed by atoms with Gasteiger partial charge in [0.05, 0.1) is 6.04 Å². The lowest BCUT2D eigenvalue weighted by Crippen LogP contribution is -2.44. The molecule has 2 aliphatic rings. The Labute approximate surface area is 159 Å². The van der Waals surface area contributed by atoms with E-state index in [0.717, 1.165) is 38.1 Å². The van der Waals surface area contributed by atoms with Gasteiger partial charge in [0.1, 0.15) is 0 Å². The molecule has 142 valence electrons. The second-order valence-corrected chi connectivity index (χ2v) is 8.43. The lowest BCUT2D eigenvalue weighted by Gasteiger charge is -2.37. The lowest BCUT2D eigenvalue weighted by atomic mass is 9.77. The van der Waals surface area contributed by atoms with Crippen molar-refractivity contribution in [2.24, 2.45) is 5.92 Å². The highest BCUT2D eigenvalue weighted by molar-refractivity contribution is 5.77. The minimum absolute atomic E-state index is 0.256. The first-order chi connectivity index (χ1) is 12.6. The molecule has 1 aliphatic carbocycles. The third-order valence-electron chi connectivity index (χ3n) is 6.57. The van der Waals surface area contributed by atoms with Crippen molar-refractivity contribution in [2.45, 2.75) is 83.6 Å². The Balaban J connectivity index is 1.64. The zero-order chi connectivity index (χ0) is 18.5. The summed E-state index contributed by atoms with van der Waals surface area (Å²) in [6, 6.07) is 9.10. The number of amides is 1. The fourth-order valence-corrected chi connectivity index (χ4v) is 4.94. The Kier molecular flexibility index (Phi) is 6.56. The van der Waals surface area contributed by atoms with Gasteiger partial charge < -0.3 is 4.90 Å². The highest BCUT2D eigenvalue weighted by atomic mass is 16.2. The Hall–Kier alpha value is -1.57. The van der Waals surface area contributed by atoms with Crippen LogP contribution < -0.4 is 0 Å². The number of carbonyl (C=O) groups excluding carboxylic acids is 1. The van der Waals surface area contributed by atoms with Gasteiger partial charge >= 0.3 is 0 Å². The van der Waals surface area contributed by atoms with Crippen LogP contribution in [0.3, 0.4) is 0 Å². The lowest BCUT2D eigenvalue weighted by molar-refractivity contribution is -0.133. The maximum Gasteiger partial charge on any atom is 0.223 e. The fraction of sp³-hybridized carbons (Fsp3) is 0.625. The van der Waals surface area contributed by atoms with E-state index in [1.807, 2.05) is 0 Å². The van der Waals surface area contributed by atoms with E-state index >= 15 is 0 Å². The Morgan fingerprint density at radius 1 is 1.19 bits per heavy atom. The quantitative estimate of drug-likeness (QED) is 0.606. The van der Waals surface area contributed by atoms with Gasteiger partial charge in [-0.25, -0.2) is 0 Å². The number of rotatable bonds is 5. The van der Waals surface area contributed by atoms with E-state index in [-0.39, 0.29) is 6.04 Å². The third-order valence-corrected chi connectivity index (χ3v) is 6.57. The highest BCUT2D eigenvalue weighted by Crippen LogP contribution is 2.37. The van der Waals surface area contributed by atoms with E-state index in [1.165, 1.54) is 42.4 Å². The van der Waals surface area contributed by atoms with Crippen LogP contribution in [0.4, 0.5) is 0 Å². The number of piperidine rings is 1. The van der Waals surface area contributed by atoms with E-state index < -0.39 is 0 Å². The molecule has 0 spiro atoms. The largest absolute Gasteiger partial charge is 0.336 e. The van der Waals surface area contributed by atoms with E-state index in [9.17, 15) is 4.79 Å². The summed E-state index contributed by atoms with van der Waals surface area (Å²) in [5.41, 5.74) is 4.13. The summed E-state index contributed by atoms with van der Waals surface area (Å²) in [4.78, 5) is 15.0. The van der Waals surface area contributed by atoms with Crippen LogP contribution in [0.25, 0.3) is 0 Å². The second kappa shape index (κ2) is 8.88. The first-order valence-corrected chi connectivity index (χ1v) is 10.6. The predicted molar refractivity (Wildman–Crippen MR) is 109 cm³/mol. The molecule has 1 unspecified atom stereocenters. The smallest absolute Gasteiger partial charge is 0.223 e. The Morgan fingerprint density at radius 2 is 1.92 bits per heavy atom. The van der Waals surface area contributed by atoms with Crippen LogP contribution in [0.5, 0.6) is 0 Å². The SMILES string of the molecule is C=C1CCCN(C(=O)CCc2ccccc2C2CCC(C)CC2)C1CC. The fourth-order valence-electron chi connectivity index (χ4n) is 4.94. The van der Waals surface area contributed by atoms with Crippen molar-refractivity contribution in [1.82, 2.24) is 4.90 Å². The van der Waals surface area contributed by atoms with Crippen molar-refractivity contribution in [3.63, 3.8) is 0 Å². The van der Waals surface area contributed by atoms with Gasteiger partial charge in [0.15, 0.2) is 0 Å². The van der Waals surface area contributed by atoms with Gasteiger partial charge in [-0.15, -0.1) is 0 Å². The van der Waals surface area contributed by atoms with Gasteiger partial charge in [0, 0.05) is 13.0 Å². The number of hydrogen-bond acceptors (Lipinski definition) is 1. The van der Waals surface area contributed by atoms with Crippen LogP contribution in [-0.4, -0.2) is 23.4 Å². The van der Waals surface area contributed by atoms with Gasteiger partial charge in [-0.2, -0.15) is 0 Å². The summed E-state index contributed by atoms with van der Waals surface area (Å²) in [5.74, 6) is 1.87. The molecule has 2 fully saturated rings. The molecule has 0 N–H and O–H groups in total. The van der Waals surface area contributed by atoms with E-state index in [2.05, 4.69) is 49.6 Å². The summed E-state index contributed by atoms with van der Waals surface area (Å²) >= 11 is 0. The molecule has 1 aromatic carbocycles. The first-order valence-electron chi connectivity index (χ1n) is 10.6. The number of aryl methyl sites for hydroxylation is 1. The zero-order valence-corrected chi connectivity index (χ0v) is 16.7. The molecule has 0 bridgehead atoms. The molecule has 2 heteroatoms. The third kappa shape index (κ3) is 4.39. The number of nitrogens with zero attached hydrogens (tertiary/aromatic N) is 1. The molecule has 0 aromatic heterocycles. The van der Waals surface area contributed by atoms with Crippen molar-refractivity contribution in [3.8, 4) is 0 Å². The Bertz CT molecular complexity index is 627. The molecule has 1 saturated heterocycles. The molecule has 1 aliphatic heterocycles. The standard InChI is InChI=1S/C24H35NO/c1-4-23-19(3)8-7-17-25(23)24(26)16-15-20-9-5-6-10-22(20)21-13-11-18(2)12-14-21/h5-6,9-10,18,21,23H,3-4,7-8,11-17H2,1-2H3. The van der Waals surface area contributed by atoms with E-state index in [1.54, 1.807) is 0 Å². The average molecular weight is 354 g/mol. The number of carbonyl (C=O) groups is 1. The van der Waals surface area contributed by atoms with Crippen LogP contribution in [0.2, 0.25) is 0 Å². The number of hydrogen-bond donors (Lipinski definition) is 0. The van der Waals surface area contributed by atoms with Gasteiger partial charge in [0.25, 0.3) is 0 Å². The summed E-state index contributed by atoms with van der Waals surface area (Å²) in [6.07, 6.45) is 9.92. The van der Waals surface area contributed by atoms with Crippen LogP contribution in [0.15, 0.2) is 36.4 Å². The summed E-state index contributed by atoms with van der Waals surface area (Å²) < 4.78 is 0. The monoisotopic (exact) mass is 353 g/mol. The van der Waals surface area contributed by atoms with Gasteiger partial charge in [-0.1, -0.05) is 63.1 Å². The molecule has 2 nitrogen and oxygen atoms in total. The van der Waals surface area contributed by atoms with Crippen LogP contribution in [0, 0.1) is 5.92 Å². The van der Waals surface area contributed by atoms with Gasteiger partial charge in [-0.05, 0) is 61.5 Å². The van der Waals surface area contributed by atoms with Crippen molar-refractivity contribution in [1.29, 1.82) is 0 Å². The highest BCUT2D eigenvalue weighted by Gasteiger charge is 2.28. The van der Waals surface area contributed by atoms with Crippen molar-refractivity contribution in [2.75, 3.05) is 6.54 Å². The first kappa shape index (κ1) is 19.2. The maximum atomic E-state index is 12.9. The molecule has 3 rings (SSSR count). The Morgan fingerprint density at radius 3 is 2.65 bits per heavy atom. The molecular weight excluding hydrogens is 318 g/mol. The predicted octanol–water partition coefficient (Wildman–Crippen LogP) is 5.87. The molecule has 1 heterocycles. The van der Waals surface area contributed by atoms with E-state index in [4.69, 9.17) is 0 Å². The molecule has 1 atom stereocenters. The van der Waals surface area contributed by atoms with Crippen molar-refractivity contribution in [3.05, 3.63) is 47.5 Å². The molecule has 26 heavy (non-hydrogen) atoms. The molecule has 1 aromatic rings. The molecule has 1 amide bonds. The topological polar surface area (TPSA) is 20.3 Å². The van der Waals surface area contributed by atoms with Crippen LogP contribution in [-0.2, 0) is 11.2 Å². The maximum absolute atomic E-state index is 12.9. The normalized spacial score (nSPS) is 26.8. The van der Waals surface area contributed by atoms with Crippen LogP contribution in [0.1, 0.15) is 82.3 Å². The minimum atomic E-state index is 0.256. The summed E-state index contributed by atoms with van der Waals surface area (Å²) in [6.45, 7) is 9.65. The van der Waals surface area contributed by atoms with Gasteiger partial charge in [-0.3, -0.25) is 4.79 Å². The second-order valence-electron chi connectivity index (χ2n) is 8.43. The van der Waals surface area contributed by atoms with Crippen molar-refractivity contribution < 1.29 is 4.79 Å².